The summed E-state index contributed by atoms with van der Waals surface area (Å²) in [4.78, 5) is 23.6. The summed E-state index contributed by atoms with van der Waals surface area (Å²) in [6, 6.07) is 10.7. The maximum atomic E-state index is 12.5. The molecule has 0 unspecified atom stereocenters. The second-order valence-electron chi connectivity index (χ2n) is 9.57. The van der Waals surface area contributed by atoms with E-state index in [-0.39, 0.29) is 24.2 Å². The summed E-state index contributed by atoms with van der Waals surface area (Å²) in [5, 5.41) is 11.9. The van der Waals surface area contributed by atoms with Crippen LogP contribution in [0, 0.1) is 0 Å². The number of likely N-dealkylation sites (N-methyl/N-ethyl adjacent to an activating group) is 1. The zero-order valence-corrected chi connectivity index (χ0v) is 18.7. The zero-order chi connectivity index (χ0) is 22.5. The standard InChI is InChI=1S/C23H32N2O5/c1-23(2,3)16-7-9-18(10-8-16)29-15-19-11-12-20(30-19)22(28)24-17(13-21(26)27)14-25(4,5)6/h7-12,17H,13-15H2,1-6H3,(H-,24,26,27,28)/p+1/t17-/m1/s1. The van der Waals surface area contributed by atoms with Gasteiger partial charge in [-0.2, -0.15) is 0 Å². The van der Waals surface area contributed by atoms with Crippen LogP contribution in [0.2, 0.25) is 0 Å². The number of hydrogen-bond acceptors (Lipinski definition) is 4. The van der Waals surface area contributed by atoms with Gasteiger partial charge in [0, 0.05) is 0 Å². The van der Waals surface area contributed by atoms with Crippen LogP contribution in [0.4, 0.5) is 0 Å². The lowest BCUT2D eigenvalue weighted by Crippen LogP contribution is -2.49. The van der Waals surface area contributed by atoms with Crippen molar-refractivity contribution in [2.75, 3.05) is 27.7 Å². The Morgan fingerprint density at radius 1 is 1.10 bits per heavy atom. The Hall–Kier alpha value is -2.80. The maximum absolute atomic E-state index is 12.5. The molecule has 0 aliphatic heterocycles. The van der Waals surface area contributed by atoms with Crippen LogP contribution in [0.15, 0.2) is 40.8 Å². The summed E-state index contributed by atoms with van der Waals surface area (Å²) in [6.45, 7) is 7.14. The first-order valence-corrected chi connectivity index (χ1v) is 9.99. The smallest absolute Gasteiger partial charge is 0.305 e. The van der Waals surface area contributed by atoms with Gasteiger partial charge in [0.2, 0.25) is 0 Å². The topological polar surface area (TPSA) is 88.8 Å². The van der Waals surface area contributed by atoms with Gasteiger partial charge >= 0.3 is 5.97 Å². The number of carboxylic acids is 1. The highest BCUT2D eigenvalue weighted by Crippen LogP contribution is 2.24. The predicted octanol–water partition coefficient (Wildman–Crippen LogP) is 3.44. The Bertz CT molecular complexity index is 857. The molecule has 1 aromatic heterocycles. The second-order valence-corrected chi connectivity index (χ2v) is 9.57. The van der Waals surface area contributed by atoms with E-state index in [2.05, 4.69) is 26.1 Å². The first kappa shape index (κ1) is 23.5. The van der Waals surface area contributed by atoms with E-state index in [1.807, 2.05) is 45.4 Å². The zero-order valence-electron chi connectivity index (χ0n) is 18.7. The van der Waals surface area contributed by atoms with Crippen molar-refractivity contribution in [1.82, 2.24) is 5.32 Å². The molecule has 1 aromatic carbocycles. The van der Waals surface area contributed by atoms with Crippen LogP contribution in [-0.2, 0) is 16.8 Å². The van der Waals surface area contributed by atoms with Gasteiger partial charge in [-0.3, -0.25) is 9.59 Å². The molecule has 7 heteroatoms. The van der Waals surface area contributed by atoms with Crippen molar-refractivity contribution in [3.63, 3.8) is 0 Å². The first-order chi connectivity index (χ1) is 13.8. The SMILES string of the molecule is CC(C)(C)c1ccc(OCc2ccc(C(=O)N[C@H](CC(=O)O)C[N+](C)(C)C)o2)cc1. The van der Waals surface area contributed by atoms with E-state index < -0.39 is 17.9 Å². The number of carbonyl (C=O) groups is 2. The normalized spacial score (nSPS) is 13.0. The lowest BCUT2D eigenvalue weighted by atomic mass is 9.87. The molecule has 0 bridgehead atoms. The van der Waals surface area contributed by atoms with Crippen molar-refractivity contribution < 1.29 is 28.3 Å². The largest absolute Gasteiger partial charge is 0.486 e. The maximum Gasteiger partial charge on any atom is 0.305 e. The Kier molecular flexibility index (Phi) is 7.31. The average Bonchev–Trinajstić information content (AvgIpc) is 3.06. The number of nitrogens with one attached hydrogen (secondary N) is 1. The molecule has 0 spiro atoms. The summed E-state index contributed by atoms with van der Waals surface area (Å²) in [5.74, 6) is -0.0278. The number of amides is 1. The molecule has 0 aliphatic carbocycles. The van der Waals surface area contributed by atoms with E-state index in [4.69, 9.17) is 14.3 Å². The molecular formula is C23H33N2O5+. The number of benzene rings is 1. The molecule has 1 amide bonds. The second kappa shape index (κ2) is 9.34. The molecule has 0 saturated carbocycles. The summed E-state index contributed by atoms with van der Waals surface area (Å²) < 4.78 is 11.9. The molecule has 0 aliphatic rings. The Morgan fingerprint density at radius 2 is 1.73 bits per heavy atom. The molecule has 0 saturated heterocycles. The molecule has 0 fully saturated rings. The number of furan rings is 1. The highest BCUT2D eigenvalue weighted by atomic mass is 16.5. The molecule has 164 valence electrons. The monoisotopic (exact) mass is 417 g/mol. The van der Waals surface area contributed by atoms with Gasteiger partial charge in [0.1, 0.15) is 18.1 Å². The molecule has 2 N–H and O–H groups in total. The quantitative estimate of drug-likeness (QED) is 0.610. The Labute approximate surface area is 178 Å². The van der Waals surface area contributed by atoms with E-state index in [1.54, 1.807) is 12.1 Å². The molecule has 30 heavy (non-hydrogen) atoms. The van der Waals surface area contributed by atoms with Crippen LogP contribution >= 0.6 is 0 Å². The predicted molar refractivity (Wildman–Crippen MR) is 115 cm³/mol. The molecule has 2 rings (SSSR count). The molecule has 1 atom stereocenters. The van der Waals surface area contributed by atoms with Crippen molar-refractivity contribution in [3.8, 4) is 5.75 Å². The van der Waals surface area contributed by atoms with E-state index in [1.165, 1.54) is 5.56 Å². The molecular weight excluding hydrogens is 384 g/mol. The third-order valence-electron chi connectivity index (χ3n) is 4.51. The number of nitrogens with zero attached hydrogens (tertiary/aromatic N) is 1. The van der Waals surface area contributed by atoms with Crippen LogP contribution < -0.4 is 10.1 Å². The lowest BCUT2D eigenvalue weighted by Gasteiger charge is -2.28. The number of quaternary nitrogens is 1. The van der Waals surface area contributed by atoms with Crippen molar-refractivity contribution in [3.05, 3.63) is 53.5 Å². The van der Waals surface area contributed by atoms with Crippen molar-refractivity contribution in [1.29, 1.82) is 0 Å². The number of carbonyl (C=O) groups excluding carboxylic acids is 1. The van der Waals surface area contributed by atoms with Gasteiger partial charge < -0.3 is 24.1 Å². The van der Waals surface area contributed by atoms with E-state index >= 15 is 0 Å². The van der Waals surface area contributed by atoms with Gasteiger partial charge in [-0.25, -0.2) is 0 Å². The van der Waals surface area contributed by atoms with Crippen molar-refractivity contribution in [2.24, 2.45) is 0 Å². The first-order valence-electron chi connectivity index (χ1n) is 9.99. The molecule has 2 aromatic rings. The minimum absolute atomic E-state index is 0.0756. The third kappa shape index (κ3) is 7.55. The fourth-order valence-electron chi connectivity index (χ4n) is 3.07. The number of rotatable bonds is 9. The summed E-state index contributed by atoms with van der Waals surface area (Å²) in [7, 11) is 5.83. The molecule has 0 radical (unpaired) electrons. The highest BCUT2D eigenvalue weighted by molar-refractivity contribution is 5.92. The van der Waals surface area contributed by atoms with Gasteiger partial charge in [-0.05, 0) is 35.2 Å². The summed E-state index contributed by atoms with van der Waals surface area (Å²) in [5.41, 5.74) is 1.29. The van der Waals surface area contributed by atoms with Crippen molar-refractivity contribution in [2.45, 2.75) is 45.3 Å². The number of aliphatic carboxylic acids is 1. The van der Waals surface area contributed by atoms with Crippen LogP contribution in [0.1, 0.15) is 49.1 Å². The van der Waals surface area contributed by atoms with Gasteiger partial charge in [-0.15, -0.1) is 0 Å². The Morgan fingerprint density at radius 3 is 2.27 bits per heavy atom. The van der Waals surface area contributed by atoms with Crippen LogP contribution in [0.25, 0.3) is 0 Å². The number of ether oxygens (including phenoxy) is 1. The van der Waals surface area contributed by atoms with Crippen LogP contribution in [-0.4, -0.2) is 55.2 Å². The van der Waals surface area contributed by atoms with E-state index in [0.29, 0.717) is 16.8 Å². The van der Waals surface area contributed by atoms with Crippen molar-refractivity contribution >= 4 is 11.9 Å². The summed E-state index contributed by atoms with van der Waals surface area (Å²) >= 11 is 0. The minimum atomic E-state index is -0.959. The fourth-order valence-corrected chi connectivity index (χ4v) is 3.07. The van der Waals surface area contributed by atoms with E-state index in [9.17, 15) is 9.59 Å². The van der Waals surface area contributed by atoms with Crippen LogP contribution in [0.5, 0.6) is 5.75 Å². The van der Waals surface area contributed by atoms with Gasteiger partial charge in [0.25, 0.3) is 5.91 Å². The van der Waals surface area contributed by atoms with Gasteiger partial charge in [0.15, 0.2) is 5.76 Å². The van der Waals surface area contributed by atoms with Gasteiger partial charge in [0.05, 0.1) is 40.2 Å². The van der Waals surface area contributed by atoms with Gasteiger partial charge in [-0.1, -0.05) is 32.9 Å². The number of carboxylic acid groups (broad SMARTS) is 1. The number of hydrogen-bond donors (Lipinski definition) is 2. The fraction of sp³-hybridized carbons (Fsp3) is 0.478. The average molecular weight is 418 g/mol. The van der Waals surface area contributed by atoms with E-state index in [0.717, 1.165) is 5.75 Å². The minimum Gasteiger partial charge on any atom is -0.486 e. The highest BCUT2D eigenvalue weighted by Gasteiger charge is 2.24. The third-order valence-corrected chi connectivity index (χ3v) is 4.51. The lowest BCUT2D eigenvalue weighted by molar-refractivity contribution is -0.871. The Balaban J connectivity index is 1.96. The summed E-state index contributed by atoms with van der Waals surface area (Å²) in [6.07, 6.45) is -0.150. The molecule has 1 heterocycles. The molecule has 7 nitrogen and oxygen atoms in total. The van der Waals surface area contributed by atoms with Crippen LogP contribution in [0.3, 0.4) is 0 Å².